The lowest BCUT2D eigenvalue weighted by molar-refractivity contribution is -0.129. The number of carbonyl (C=O) groups is 1. The van der Waals surface area contributed by atoms with Gasteiger partial charge in [0.2, 0.25) is 5.91 Å². The molecule has 0 radical (unpaired) electrons. The maximum absolute atomic E-state index is 12.6. The van der Waals surface area contributed by atoms with Crippen molar-refractivity contribution in [3.05, 3.63) is 0 Å². The monoisotopic (exact) mass is 290 g/mol. The Kier molecular flexibility index (Phi) is 3.33. The fraction of sp³-hybridized carbons (Fsp3) is 0.944. The highest BCUT2D eigenvalue weighted by Crippen LogP contribution is 2.61. The molecule has 21 heavy (non-hydrogen) atoms. The van der Waals surface area contributed by atoms with Crippen molar-refractivity contribution in [2.75, 3.05) is 6.54 Å². The van der Waals surface area contributed by atoms with Crippen LogP contribution in [0.4, 0.5) is 0 Å². The molecule has 4 aliphatic carbocycles. The van der Waals surface area contributed by atoms with E-state index >= 15 is 0 Å². The minimum atomic E-state index is 0.182. The zero-order chi connectivity index (χ0) is 14.6. The predicted octanol–water partition coefficient (Wildman–Crippen LogP) is 2.71. The standard InChI is InChI=1S/C18H30N2O/c1-11-16(3-4-19-11)17(21)20-12(2)18-8-13-5-14(9-18)7-15(6-13)10-18/h11-16,19H,3-10H2,1-2H3,(H,20,21). The van der Waals surface area contributed by atoms with Crippen molar-refractivity contribution in [1.29, 1.82) is 0 Å². The molecule has 118 valence electrons. The fourth-order valence-electron chi connectivity index (χ4n) is 6.40. The zero-order valence-corrected chi connectivity index (χ0v) is 13.5. The first-order valence-corrected chi connectivity index (χ1v) is 9.09. The molecule has 5 rings (SSSR count). The summed E-state index contributed by atoms with van der Waals surface area (Å²) in [5.41, 5.74) is 0.430. The lowest BCUT2D eigenvalue weighted by atomic mass is 9.48. The van der Waals surface area contributed by atoms with Crippen LogP contribution in [-0.4, -0.2) is 24.5 Å². The Morgan fingerprint density at radius 3 is 2.19 bits per heavy atom. The topological polar surface area (TPSA) is 41.1 Å². The Hall–Kier alpha value is -0.570. The summed E-state index contributed by atoms with van der Waals surface area (Å²) < 4.78 is 0. The Morgan fingerprint density at radius 1 is 1.14 bits per heavy atom. The summed E-state index contributed by atoms with van der Waals surface area (Å²) >= 11 is 0. The molecular formula is C18H30N2O. The third-order valence-corrected chi connectivity index (χ3v) is 7.22. The second kappa shape index (κ2) is 4.97. The van der Waals surface area contributed by atoms with E-state index in [0.717, 1.165) is 30.7 Å². The van der Waals surface area contributed by atoms with Gasteiger partial charge in [0, 0.05) is 12.1 Å². The Morgan fingerprint density at radius 2 is 1.71 bits per heavy atom. The van der Waals surface area contributed by atoms with Crippen molar-refractivity contribution in [2.45, 2.75) is 70.9 Å². The molecule has 1 heterocycles. The fourth-order valence-corrected chi connectivity index (χ4v) is 6.40. The number of hydrogen-bond acceptors (Lipinski definition) is 2. The molecular weight excluding hydrogens is 260 g/mol. The van der Waals surface area contributed by atoms with Crippen molar-refractivity contribution in [3.8, 4) is 0 Å². The van der Waals surface area contributed by atoms with Crippen LogP contribution in [-0.2, 0) is 4.79 Å². The first-order chi connectivity index (χ1) is 10.1. The van der Waals surface area contributed by atoms with Crippen LogP contribution in [0.25, 0.3) is 0 Å². The first kappa shape index (κ1) is 14.0. The summed E-state index contributed by atoms with van der Waals surface area (Å²) in [6.07, 6.45) is 9.55. The molecule has 0 spiro atoms. The van der Waals surface area contributed by atoms with Crippen LogP contribution in [0, 0.1) is 29.1 Å². The highest BCUT2D eigenvalue weighted by Gasteiger charge is 2.53. The molecule has 0 aromatic rings. The summed E-state index contributed by atoms with van der Waals surface area (Å²) in [4.78, 5) is 12.6. The van der Waals surface area contributed by atoms with E-state index in [2.05, 4.69) is 24.5 Å². The van der Waals surface area contributed by atoms with Crippen molar-refractivity contribution in [1.82, 2.24) is 10.6 Å². The second-order valence-electron chi connectivity index (χ2n) is 8.65. The molecule has 3 heteroatoms. The van der Waals surface area contributed by atoms with E-state index in [-0.39, 0.29) is 5.92 Å². The van der Waals surface area contributed by atoms with Gasteiger partial charge in [-0.3, -0.25) is 4.79 Å². The average Bonchev–Trinajstić information content (AvgIpc) is 2.83. The Balaban J connectivity index is 1.45. The van der Waals surface area contributed by atoms with Gasteiger partial charge >= 0.3 is 0 Å². The van der Waals surface area contributed by atoms with E-state index in [9.17, 15) is 4.79 Å². The van der Waals surface area contributed by atoms with Crippen LogP contribution in [0.1, 0.15) is 58.8 Å². The van der Waals surface area contributed by atoms with Gasteiger partial charge in [0.1, 0.15) is 0 Å². The lowest BCUT2D eigenvalue weighted by Gasteiger charge is -2.59. The van der Waals surface area contributed by atoms with Gasteiger partial charge in [0.15, 0.2) is 0 Å². The minimum Gasteiger partial charge on any atom is -0.353 e. The maximum atomic E-state index is 12.6. The third kappa shape index (κ3) is 2.32. The predicted molar refractivity (Wildman–Crippen MR) is 83.8 cm³/mol. The number of rotatable bonds is 3. The maximum Gasteiger partial charge on any atom is 0.224 e. The number of hydrogen-bond donors (Lipinski definition) is 2. The van der Waals surface area contributed by atoms with Crippen molar-refractivity contribution >= 4 is 5.91 Å². The largest absolute Gasteiger partial charge is 0.353 e. The lowest BCUT2D eigenvalue weighted by Crippen LogP contribution is -2.56. The SMILES string of the molecule is CC1NCCC1C(=O)NC(C)C12CC3CC(CC(C3)C1)C2. The van der Waals surface area contributed by atoms with Gasteiger partial charge in [-0.25, -0.2) is 0 Å². The van der Waals surface area contributed by atoms with Gasteiger partial charge in [0.25, 0.3) is 0 Å². The van der Waals surface area contributed by atoms with Gasteiger partial charge in [-0.15, -0.1) is 0 Å². The summed E-state index contributed by atoms with van der Waals surface area (Å²) in [5.74, 6) is 3.37. The molecule has 3 unspecified atom stereocenters. The summed E-state index contributed by atoms with van der Waals surface area (Å²) in [7, 11) is 0. The van der Waals surface area contributed by atoms with E-state index in [4.69, 9.17) is 0 Å². The molecule has 5 aliphatic rings. The average molecular weight is 290 g/mol. The van der Waals surface area contributed by atoms with Gasteiger partial charge in [-0.2, -0.15) is 0 Å². The molecule has 4 saturated carbocycles. The second-order valence-corrected chi connectivity index (χ2v) is 8.65. The van der Waals surface area contributed by atoms with Crippen molar-refractivity contribution in [2.24, 2.45) is 29.1 Å². The molecule has 0 aromatic carbocycles. The normalized spacial score (nSPS) is 49.3. The molecule has 2 N–H and O–H groups in total. The number of nitrogens with one attached hydrogen (secondary N) is 2. The Labute approximate surface area is 128 Å². The zero-order valence-electron chi connectivity index (χ0n) is 13.5. The molecule has 3 nitrogen and oxygen atoms in total. The van der Waals surface area contributed by atoms with Crippen LogP contribution in [0.5, 0.6) is 0 Å². The highest BCUT2D eigenvalue weighted by molar-refractivity contribution is 5.80. The minimum absolute atomic E-state index is 0.182. The van der Waals surface area contributed by atoms with Crippen LogP contribution < -0.4 is 10.6 Å². The van der Waals surface area contributed by atoms with E-state index in [0.29, 0.717) is 23.4 Å². The highest BCUT2D eigenvalue weighted by atomic mass is 16.2. The van der Waals surface area contributed by atoms with Gasteiger partial charge < -0.3 is 10.6 Å². The van der Waals surface area contributed by atoms with Crippen LogP contribution in [0.3, 0.4) is 0 Å². The summed E-state index contributed by atoms with van der Waals surface area (Å²) in [5, 5.41) is 6.83. The van der Waals surface area contributed by atoms with Gasteiger partial charge in [0.05, 0.1) is 5.92 Å². The third-order valence-electron chi connectivity index (χ3n) is 7.22. The molecule has 5 fully saturated rings. The van der Waals surface area contributed by atoms with E-state index < -0.39 is 0 Å². The van der Waals surface area contributed by atoms with E-state index in [1.807, 2.05) is 0 Å². The van der Waals surface area contributed by atoms with Crippen molar-refractivity contribution < 1.29 is 4.79 Å². The van der Waals surface area contributed by atoms with Gasteiger partial charge in [-0.05, 0) is 88.5 Å². The first-order valence-electron chi connectivity index (χ1n) is 9.09. The van der Waals surface area contributed by atoms with E-state index in [1.54, 1.807) is 0 Å². The van der Waals surface area contributed by atoms with Gasteiger partial charge in [-0.1, -0.05) is 0 Å². The molecule has 1 saturated heterocycles. The number of carbonyl (C=O) groups excluding carboxylic acids is 1. The molecule has 1 aliphatic heterocycles. The van der Waals surface area contributed by atoms with E-state index in [1.165, 1.54) is 38.5 Å². The van der Waals surface area contributed by atoms with Crippen molar-refractivity contribution in [3.63, 3.8) is 0 Å². The Bertz CT molecular complexity index is 398. The number of amides is 1. The van der Waals surface area contributed by atoms with Crippen LogP contribution in [0.15, 0.2) is 0 Å². The smallest absolute Gasteiger partial charge is 0.224 e. The molecule has 3 atom stereocenters. The van der Waals surface area contributed by atoms with Crippen LogP contribution >= 0.6 is 0 Å². The molecule has 0 aromatic heterocycles. The molecule has 1 amide bonds. The van der Waals surface area contributed by atoms with Crippen LogP contribution in [0.2, 0.25) is 0 Å². The summed E-state index contributed by atoms with van der Waals surface area (Å²) in [6.45, 7) is 5.43. The summed E-state index contributed by atoms with van der Waals surface area (Å²) in [6, 6.07) is 0.708. The molecule has 4 bridgehead atoms. The quantitative estimate of drug-likeness (QED) is 0.839.